The molecule has 0 saturated heterocycles. The number of carbonyl (C=O) groups is 1. The molecule has 0 aliphatic carbocycles. The molecule has 10 nitrogen and oxygen atoms in total. The van der Waals surface area contributed by atoms with E-state index in [9.17, 15) is 19.8 Å². The molecule has 0 aliphatic rings. The predicted octanol–water partition coefficient (Wildman–Crippen LogP) is 4.71. The number of hydrogen-bond donors (Lipinski definition) is 2. The zero-order valence-electron chi connectivity index (χ0n) is 23.8. The van der Waals surface area contributed by atoms with Gasteiger partial charge in [0.15, 0.2) is 11.4 Å². The number of rotatable bonds is 14. The third-order valence-corrected chi connectivity index (χ3v) is 6.67. The highest BCUT2D eigenvalue weighted by Crippen LogP contribution is 2.22. The van der Waals surface area contributed by atoms with E-state index in [0.29, 0.717) is 11.3 Å². The fourth-order valence-electron chi connectivity index (χ4n) is 4.45. The lowest BCUT2D eigenvalue weighted by Crippen LogP contribution is -2.32. The zero-order valence-corrected chi connectivity index (χ0v) is 23.8. The van der Waals surface area contributed by atoms with Gasteiger partial charge in [0.05, 0.1) is 32.5 Å². The Labute approximate surface area is 253 Å². The molecule has 2 heterocycles. The number of ether oxygens (including phenoxy) is 3. The maximum Gasteiger partial charge on any atom is 0.384 e. The summed E-state index contributed by atoms with van der Waals surface area (Å²) in [5, 5.41) is 20.2. The SMILES string of the molecule is O=C(On1c(O)ccc1O)c1c(OCc2ccccc2)c(=O)ccn1CC(COCc1ccccc1)OCc1ccccc1. The summed E-state index contributed by atoms with van der Waals surface area (Å²) in [6.45, 7) is 0.888. The molecule has 3 aromatic carbocycles. The van der Waals surface area contributed by atoms with Gasteiger partial charge in [0.1, 0.15) is 6.61 Å². The Bertz CT molecular complexity index is 1680. The Morgan fingerprint density at radius 2 is 1.25 bits per heavy atom. The van der Waals surface area contributed by atoms with Crippen LogP contribution in [0.1, 0.15) is 27.2 Å². The van der Waals surface area contributed by atoms with Crippen LogP contribution in [0.2, 0.25) is 0 Å². The molecule has 44 heavy (non-hydrogen) atoms. The number of aromatic hydroxyl groups is 2. The summed E-state index contributed by atoms with van der Waals surface area (Å²) in [6.07, 6.45) is 0.878. The highest BCUT2D eigenvalue weighted by Gasteiger charge is 2.26. The van der Waals surface area contributed by atoms with E-state index in [1.807, 2.05) is 91.0 Å². The van der Waals surface area contributed by atoms with Crippen LogP contribution >= 0.6 is 0 Å². The first-order chi connectivity index (χ1) is 21.5. The second-order valence-corrected chi connectivity index (χ2v) is 9.93. The van der Waals surface area contributed by atoms with Crippen LogP contribution < -0.4 is 15.0 Å². The molecular weight excluding hydrogens is 564 g/mol. The molecule has 1 atom stereocenters. The third kappa shape index (κ3) is 7.94. The Balaban J connectivity index is 1.44. The quantitative estimate of drug-likeness (QED) is 0.189. The summed E-state index contributed by atoms with van der Waals surface area (Å²) in [4.78, 5) is 32.0. The molecule has 1 unspecified atom stereocenters. The second-order valence-electron chi connectivity index (χ2n) is 9.93. The standard InChI is InChI=1S/C34H32N2O8/c37-29-18-19-35(20-28(42-22-26-12-6-2-7-13-26)24-41-21-25-10-4-1-5-11-25)32(33(29)43-23-27-14-8-3-9-15-27)34(40)44-36-30(38)16-17-31(36)39/h1-19,28,38-39H,20-24H2. The van der Waals surface area contributed by atoms with Crippen molar-refractivity contribution in [3.63, 3.8) is 0 Å². The van der Waals surface area contributed by atoms with Crippen LogP contribution in [0.3, 0.4) is 0 Å². The van der Waals surface area contributed by atoms with Crippen molar-refractivity contribution in [1.29, 1.82) is 0 Å². The van der Waals surface area contributed by atoms with Gasteiger partial charge in [-0.3, -0.25) is 4.79 Å². The first-order valence-electron chi connectivity index (χ1n) is 14.0. The topological polar surface area (TPSA) is 121 Å². The van der Waals surface area contributed by atoms with Crippen molar-refractivity contribution in [2.45, 2.75) is 32.5 Å². The number of hydrogen-bond acceptors (Lipinski definition) is 8. The Kier molecular flexibility index (Phi) is 10.1. The van der Waals surface area contributed by atoms with Crippen molar-refractivity contribution < 1.29 is 34.1 Å². The Morgan fingerprint density at radius 3 is 1.84 bits per heavy atom. The minimum atomic E-state index is -1.04. The number of aromatic nitrogens is 2. The fourth-order valence-corrected chi connectivity index (χ4v) is 4.45. The van der Waals surface area contributed by atoms with Gasteiger partial charge in [0.25, 0.3) is 0 Å². The lowest BCUT2D eigenvalue weighted by molar-refractivity contribution is -0.0378. The first kappa shape index (κ1) is 30.1. The van der Waals surface area contributed by atoms with Gasteiger partial charge in [-0.1, -0.05) is 91.0 Å². The van der Waals surface area contributed by atoms with E-state index in [1.54, 1.807) is 0 Å². The van der Waals surface area contributed by atoms with Crippen molar-refractivity contribution >= 4 is 5.97 Å². The van der Waals surface area contributed by atoms with Gasteiger partial charge in [-0.05, 0) is 16.7 Å². The Hall–Kier alpha value is -5.32. The highest BCUT2D eigenvalue weighted by atomic mass is 16.7. The van der Waals surface area contributed by atoms with Crippen molar-refractivity contribution in [2.75, 3.05) is 6.61 Å². The average Bonchev–Trinajstić information content (AvgIpc) is 3.37. The second kappa shape index (κ2) is 14.7. The van der Waals surface area contributed by atoms with Crippen molar-refractivity contribution in [3.05, 3.63) is 148 Å². The first-order valence-corrected chi connectivity index (χ1v) is 14.0. The summed E-state index contributed by atoms with van der Waals surface area (Å²) in [5.74, 6) is -2.31. The molecule has 0 radical (unpaired) electrons. The molecule has 2 N–H and O–H groups in total. The van der Waals surface area contributed by atoms with E-state index < -0.39 is 29.3 Å². The van der Waals surface area contributed by atoms with E-state index >= 15 is 0 Å². The van der Waals surface area contributed by atoms with E-state index in [4.69, 9.17) is 19.0 Å². The monoisotopic (exact) mass is 596 g/mol. The zero-order chi connectivity index (χ0) is 30.7. The molecule has 5 aromatic rings. The van der Waals surface area contributed by atoms with Crippen molar-refractivity contribution in [3.8, 4) is 17.5 Å². The predicted molar refractivity (Wildman–Crippen MR) is 161 cm³/mol. The molecule has 10 heteroatoms. The molecule has 5 rings (SSSR count). The smallest absolute Gasteiger partial charge is 0.384 e. The molecule has 2 aromatic heterocycles. The number of pyridine rings is 1. The molecule has 0 amide bonds. The van der Waals surface area contributed by atoms with Crippen molar-refractivity contribution in [1.82, 2.24) is 9.30 Å². The molecule has 0 spiro atoms. The van der Waals surface area contributed by atoms with Gasteiger partial charge in [0, 0.05) is 24.4 Å². The largest absolute Gasteiger partial charge is 0.492 e. The highest BCUT2D eigenvalue weighted by molar-refractivity contribution is 5.91. The van der Waals surface area contributed by atoms with Gasteiger partial charge in [-0.25, -0.2) is 4.79 Å². The minimum Gasteiger partial charge on any atom is -0.492 e. The van der Waals surface area contributed by atoms with Gasteiger partial charge in [-0.2, -0.15) is 0 Å². The van der Waals surface area contributed by atoms with Crippen LogP contribution in [-0.4, -0.2) is 38.2 Å². The minimum absolute atomic E-state index is 0.00845. The molecule has 226 valence electrons. The van der Waals surface area contributed by atoms with Gasteiger partial charge in [0.2, 0.25) is 17.2 Å². The molecule has 0 aliphatic heterocycles. The number of carbonyl (C=O) groups excluding carboxylic acids is 1. The lowest BCUT2D eigenvalue weighted by Gasteiger charge is -2.23. The van der Waals surface area contributed by atoms with Crippen molar-refractivity contribution in [2.24, 2.45) is 0 Å². The number of nitrogens with zero attached hydrogens (tertiary/aromatic N) is 2. The lowest BCUT2D eigenvalue weighted by atomic mass is 10.2. The van der Waals surface area contributed by atoms with E-state index in [0.717, 1.165) is 28.8 Å². The molecule has 0 saturated carbocycles. The molecule has 0 fully saturated rings. The maximum absolute atomic E-state index is 13.6. The number of benzene rings is 3. The van der Waals surface area contributed by atoms with Crippen LogP contribution in [0.25, 0.3) is 0 Å². The summed E-state index contributed by atoms with van der Waals surface area (Å²) in [7, 11) is 0. The van der Waals surface area contributed by atoms with Gasteiger partial charge < -0.3 is 33.8 Å². The normalized spacial score (nSPS) is 11.6. The van der Waals surface area contributed by atoms with Gasteiger partial charge >= 0.3 is 5.97 Å². The van der Waals surface area contributed by atoms with E-state index in [2.05, 4.69) is 0 Å². The molecule has 0 bridgehead atoms. The molecular formula is C34H32N2O8. The maximum atomic E-state index is 13.6. The fraction of sp³-hybridized carbons (Fsp3) is 0.176. The summed E-state index contributed by atoms with van der Waals surface area (Å²) < 4.78 is 20.2. The van der Waals surface area contributed by atoms with Crippen LogP contribution in [-0.2, 0) is 35.8 Å². The van der Waals surface area contributed by atoms with Crippen LogP contribution in [0, 0.1) is 0 Å². The van der Waals surface area contributed by atoms with Crippen LogP contribution in [0.4, 0.5) is 0 Å². The summed E-state index contributed by atoms with van der Waals surface area (Å²) in [5.41, 5.74) is 1.94. The average molecular weight is 597 g/mol. The summed E-state index contributed by atoms with van der Waals surface area (Å²) in [6, 6.07) is 32.1. The third-order valence-electron chi connectivity index (χ3n) is 6.67. The Morgan fingerprint density at radius 1 is 0.705 bits per heavy atom. The van der Waals surface area contributed by atoms with Crippen LogP contribution in [0.15, 0.2) is 120 Å². The van der Waals surface area contributed by atoms with Crippen LogP contribution in [0.5, 0.6) is 17.5 Å². The van der Waals surface area contributed by atoms with E-state index in [-0.39, 0.29) is 37.8 Å². The van der Waals surface area contributed by atoms with Gasteiger partial charge in [-0.15, -0.1) is 4.73 Å². The summed E-state index contributed by atoms with van der Waals surface area (Å²) >= 11 is 0. The van der Waals surface area contributed by atoms with E-state index in [1.165, 1.54) is 16.8 Å².